The summed E-state index contributed by atoms with van der Waals surface area (Å²) >= 11 is 0. The zero-order chi connectivity index (χ0) is 17.4. The van der Waals surface area contributed by atoms with E-state index in [1.807, 2.05) is 4.90 Å². The first-order valence-electron chi connectivity index (χ1n) is 8.69. The monoisotopic (exact) mass is 344 g/mol. The van der Waals surface area contributed by atoms with Crippen LogP contribution in [0.15, 0.2) is 28.7 Å². The minimum Gasteiger partial charge on any atom is -0.403 e. The van der Waals surface area contributed by atoms with E-state index in [0.29, 0.717) is 11.0 Å². The number of anilines is 1. The molecule has 1 amide bonds. The maximum absolute atomic E-state index is 13.3. The quantitative estimate of drug-likeness (QED) is 0.923. The molecule has 0 bridgehead atoms. The molecule has 1 N–H and O–H groups in total. The molecule has 4 rings (SSSR count). The number of amides is 1. The summed E-state index contributed by atoms with van der Waals surface area (Å²) in [6.45, 7) is 3.43. The number of hydrogen-bond donors (Lipinski definition) is 1. The van der Waals surface area contributed by atoms with E-state index in [1.165, 1.54) is 25.0 Å². The zero-order valence-electron chi connectivity index (χ0n) is 14.2. The lowest BCUT2D eigenvalue weighted by atomic mass is 9.93. The summed E-state index contributed by atoms with van der Waals surface area (Å²) in [6, 6.07) is 5.66. The van der Waals surface area contributed by atoms with Gasteiger partial charge >= 0.3 is 6.01 Å². The first-order chi connectivity index (χ1) is 12.0. The van der Waals surface area contributed by atoms with Gasteiger partial charge < -0.3 is 14.6 Å². The number of hydrogen-bond acceptors (Lipinski definition) is 5. The summed E-state index contributed by atoms with van der Waals surface area (Å²) in [7, 11) is 0. The third kappa shape index (κ3) is 3.36. The van der Waals surface area contributed by atoms with Gasteiger partial charge in [0, 0.05) is 18.7 Å². The van der Waals surface area contributed by atoms with Gasteiger partial charge in [0.15, 0.2) is 0 Å². The summed E-state index contributed by atoms with van der Waals surface area (Å²) in [6.07, 6.45) is 4.84. The molecular formula is C18H21FN4O2. The lowest BCUT2D eigenvalue weighted by Gasteiger charge is -2.33. The molecule has 1 atom stereocenters. The minimum atomic E-state index is -0.450. The van der Waals surface area contributed by atoms with Gasteiger partial charge in [-0.05, 0) is 56.2 Å². The fourth-order valence-corrected chi connectivity index (χ4v) is 3.42. The Hall–Kier alpha value is -2.44. The number of aromatic nitrogens is 2. The number of halogens is 1. The van der Waals surface area contributed by atoms with Crippen LogP contribution in [0.3, 0.4) is 0 Å². The highest BCUT2D eigenvalue weighted by Crippen LogP contribution is 2.53. The average Bonchev–Trinajstić information content (AvgIpc) is 3.19. The predicted molar refractivity (Wildman–Crippen MR) is 90.3 cm³/mol. The van der Waals surface area contributed by atoms with Crippen LogP contribution in [0.4, 0.5) is 10.4 Å². The number of carbonyl (C=O) groups excluding carboxylic acids is 1. The van der Waals surface area contributed by atoms with E-state index in [1.54, 1.807) is 19.1 Å². The molecule has 2 fully saturated rings. The van der Waals surface area contributed by atoms with E-state index < -0.39 is 6.04 Å². The van der Waals surface area contributed by atoms with Gasteiger partial charge in [-0.25, -0.2) is 4.39 Å². The van der Waals surface area contributed by atoms with Gasteiger partial charge in [0.25, 0.3) is 0 Å². The fourth-order valence-electron chi connectivity index (χ4n) is 3.42. The normalized spacial score (nSPS) is 19.7. The second kappa shape index (κ2) is 6.13. The van der Waals surface area contributed by atoms with Crippen molar-refractivity contribution in [2.75, 3.05) is 18.4 Å². The van der Waals surface area contributed by atoms with Crippen LogP contribution in [0, 0.1) is 11.2 Å². The fraction of sp³-hybridized carbons (Fsp3) is 0.500. The Morgan fingerprint density at radius 2 is 2.04 bits per heavy atom. The van der Waals surface area contributed by atoms with Gasteiger partial charge in [0.2, 0.25) is 11.8 Å². The number of piperidine rings is 1. The van der Waals surface area contributed by atoms with Crippen molar-refractivity contribution in [1.29, 1.82) is 0 Å². The molecule has 1 aliphatic heterocycles. The van der Waals surface area contributed by atoms with Crippen molar-refractivity contribution in [3.63, 3.8) is 0 Å². The summed E-state index contributed by atoms with van der Waals surface area (Å²) in [5.74, 6) is -0.108. The highest BCUT2D eigenvalue weighted by molar-refractivity contribution is 5.83. The summed E-state index contributed by atoms with van der Waals surface area (Å²) < 4.78 is 18.8. The molecule has 6 nitrogen and oxygen atoms in total. The van der Waals surface area contributed by atoms with Crippen LogP contribution in [0.1, 0.15) is 32.6 Å². The standard InChI is InChI=1S/C18H21FN4O2/c1-12(16(24)23-9-7-18(5-6-18)8-10-23)20-17-22-21-15(25-17)13-3-2-4-14(19)11-13/h2-4,11-12H,5-10H2,1H3,(H,20,22)/t12-/m0/s1. The second-order valence-electron chi connectivity index (χ2n) is 7.11. The zero-order valence-corrected chi connectivity index (χ0v) is 14.2. The highest BCUT2D eigenvalue weighted by atomic mass is 19.1. The molecule has 25 heavy (non-hydrogen) atoms. The number of rotatable bonds is 4. The van der Waals surface area contributed by atoms with Gasteiger partial charge in [-0.2, -0.15) is 0 Å². The number of nitrogens with zero attached hydrogens (tertiary/aromatic N) is 3. The Kier molecular flexibility index (Phi) is 3.94. The Labute approximate surface area is 145 Å². The van der Waals surface area contributed by atoms with E-state index in [0.717, 1.165) is 25.9 Å². The lowest BCUT2D eigenvalue weighted by Crippen LogP contribution is -2.45. The van der Waals surface area contributed by atoms with Crippen LogP contribution in [0.5, 0.6) is 0 Å². The first kappa shape index (κ1) is 16.1. The predicted octanol–water partition coefficient (Wildman–Crippen LogP) is 3.08. The van der Waals surface area contributed by atoms with Gasteiger partial charge in [0.1, 0.15) is 11.9 Å². The summed E-state index contributed by atoms with van der Waals surface area (Å²) in [4.78, 5) is 14.5. The minimum absolute atomic E-state index is 0.0426. The van der Waals surface area contributed by atoms with Crippen molar-refractivity contribution in [2.45, 2.75) is 38.6 Å². The second-order valence-corrected chi connectivity index (χ2v) is 7.11. The molecule has 2 heterocycles. The van der Waals surface area contributed by atoms with Gasteiger partial charge in [-0.15, -0.1) is 5.10 Å². The van der Waals surface area contributed by atoms with Crippen LogP contribution >= 0.6 is 0 Å². The van der Waals surface area contributed by atoms with Crippen molar-refractivity contribution >= 4 is 11.9 Å². The molecule has 1 aromatic carbocycles. The highest BCUT2D eigenvalue weighted by Gasteiger charge is 2.45. The van der Waals surface area contributed by atoms with Gasteiger partial charge in [-0.1, -0.05) is 11.2 Å². The molecule has 0 radical (unpaired) electrons. The van der Waals surface area contributed by atoms with Crippen molar-refractivity contribution in [3.8, 4) is 11.5 Å². The number of benzene rings is 1. The van der Waals surface area contributed by atoms with Crippen molar-refractivity contribution in [3.05, 3.63) is 30.1 Å². The molecule has 0 unspecified atom stereocenters. The molecule has 7 heteroatoms. The molecule has 1 spiro atoms. The largest absolute Gasteiger partial charge is 0.403 e. The van der Waals surface area contributed by atoms with Gasteiger partial charge in [0.05, 0.1) is 0 Å². The Morgan fingerprint density at radius 1 is 1.28 bits per heavy atom. The van der Waals surface area contributed by atoms with Crippen LogP contribution in [-0.4, -0.2) is 40.1 Å². The number of nitrogens with one attached hydrogen (secondary N) is 1. The smallest absolute Gasteiger partial charge is 0.316 e. The molecular weight excluding hydrogens is 323 g/mol. The Balaban J connectivity index is 1.37. The number of likely N-dealkylation sites (tertiary alicyclic amines) is 1. The molecule has 132 valence electrons. The first-order valence-corrected chi connectivity index (χ1v) is 8.69. The van der Waals surface area contributed by atoms with E-state index in [-0.39, 0.29) is 23.6 Å². The lowest BCUT2D eigenvalue weighted by molar-refractivity contribution is -0.133. The van der Waals surface area contributed by atoms with Crippen molar-refractivity contribution < 1.29 is 13.6 Å². The maximum atomic E-state index is 13.3. The molecule has 1 saturated heterocycles. The van der Waals surface area contributed by atoms with Crippen LogP contribution < -0.4 is 5.32 Å². The van der Waals surface area contributed by atoms with Crippen molar-refractivity contribution in [1.82, 2.24) is 15.1 Å². The molecule has 1 aliphatic carbocycles. The third-order valence-corrected chi connectivity index (χ3v) is 5.30. The van der Waals surface area contributed by atoms with E-state index in [4.69, 9.17) is 4.42 Å². The van der Waals surface area contributed by atoms with Crippen LogP contribution in [0.2, 0.25) is 0 Å². The third-order valence-electron chi connectivity index (χ3n) is 5.30. The van der Waals surface area contributed by atoms with E-state index in [9.17, 15) is 9.18 Å². The topological polar surface area (TPSA) is 71.3 Å². The SMILES string of the molecule is C[C@H](Nc1nnc(-c2cccc(F)c2)o1)C(=O)N1CCC2(CC1)CC2. The molecule has 2 aromatic rings. The summed E-state index contributed by atoms with van der Waals surface area (Å²) in [5, 5.41) is 10.8. The van der Waals surface area contributed by atoms with Crippen LogP contribution in [-0.2, 0) is 4.79 Å². The van der Waals surface area contributed by atoms with Gasteiger partial charge in [-0.3, -0.25) is 4.79 Å². The average molecular weight is 344 g/mol. The Bertz CT molecular complexity index is 777. The molecule has 2 aliphatic rings. The van der Waals surface area contributed by atoms with E-state index in [2.05, 4.69) is 15.5 Å². The van der Waals surface area contributed by atoms with Crippen LogP contribution in [0.25, 0.3) is 11.5 Å². The molecule has 1 aromatic heterocycles. The van der Waals surface area contributed by atoms with E-state index >= 15 is 0 Å². The summed E-state index contributed by atoms with van der Waals surface area (Å²) in [5.41, 5.74) is 1.05. The van der Waals surface area contributed by atoms with Crippen molar-refractivity contribution in [2.24, 2.45) is 5.41 Å². The Morgan fingerprint density at radius 3 is 2.72 bits per heavy atom. The maximum Gasteiger partial charge on any atom is 0.316 e. The number of carbonyl (C=O) groups is 1. The molecule has 1 saturated carbocycles.